The van der Waals surface area contributed by atoms with Gasteiger partial charge in [0.1, 0.15) is 0 Å². The van der Waals surface area contributed by atoms with Gasteiger partial charge in [-0.15, -0.1) is 0 Å². The first kappa shape index (κ1) is 15.8. The Balaban J connectivity index is 2.03. The number of hydrogen-bond donors (Lipinski definition) is 2. The Morgan fingerprint density at radius 3 is 2.81 bits per heavy atom. The van der Waals surface area contributed by atoms with Crippen molar-refractivity contribution in [3.63, 3.8) is 0 Å². The molecule has 1 aromatic rings. The van der Waals surface area contributed by atoms with Crippen molar-refractivity contribution in [2.24, 2.45) is 5.73 Å². The van der Waals surface area contributed by atoms with Crippen molar-refractivity contribution >= 4 is 5.91 Å². The van der Waals surface area contributed by atoms with Crippen LogP contribution in [-0.4, -0.2) is 23.6 Å². The maximum absolute atomic E-state index is 13.7. The van der Waals surface area contributed by atoms with Gasteiger partial charge in [-0.05, 0) is 51.3 Å². The maximum Gasteiger partial charge on any atom is 0.237 e. The number of hydrogen-bond acceptors (Lipinski definition) is 3. The average Bonchev–Trinajstić information content (AvgIpc) is 3.17. The molecule has 1 aliphatic carbocycles. The van der Waals surface area contributed by atoms with E-state index in [-0.39, 0.29) is 11.9 Å². The molecule has 0 heterocycles. The molecule has 0 radical (unpaired) electrons. The Morgan fingerprint density at radius 1 is 1.57 bits per heavy atom. The second kappa shape index (κ2) is 6.02. The molecule has 0 bridgehead atoms. The molecule has 0 aromatic heterocycles. The largest absolute Gasteiger partial charge is 0.488 e. The molecule has 21 heavy (non-hydrogen) atoms. The van der Waals surface area contributed by atoms with E-state index >= 15 is 0 Å². The van der Waals surface area contributed by atoms with E-state index in [1.54, 1.807) is 19.1 Å². The monoisotopic (exact) mass is 294 g/mol. The number of carbonyl (C=O) groups is 1. The predicted molar refractivity (Wildman–Crippen MR) is 79.6 cm³/mol. The predicted octanol–water partition coefficient (Wildman–Crippen LogP) is 2.29. The van der Waals surface area contributed by atoms with Crippen molar-refractivity contribution in [3.05, 3.63) is 29.6 Å². The van der Waals surface area contributed by atoms with Crippen LogP contribution in [0.5, 0.6) is 5.75 Å². The average molecular weight is 294 g/mol. The van der Waals surface area contributed by atoms with E-state index in [2.05, 4.69) is 5.32 Å². The second-order valence-corrected chi connectivity index (χ2v) is 6.18. The summed E-state index contributed by atoms with van der Waals surface area (Å²) in [6.45, 7) is 5.47. The fraction of sp³-hybridized carbons (Fsp3) is 0.562. The molecule has 2 atom stereocenters. The third-order valence-electron chi connectivity index (χ3n) is 3.75. The number of rotatable bonds is 7. The lowest BCUT2D eigenvalue weighted by molar-refractivity contribution is -0.124. The molecule has 0 aliphatic heterocycles. The van der Waals surface area contributed by atoms with Gasteiger partial charge in [0.05, 0.1) is 11.6 Å². The quantitative estimate of drug-likeness (QED) is 0.811. The zero-order chi connectivity index (χ0) is 15.6. The minimum Gasteiger partial charge on any atom is -0.488 e. The van der Waals surface area contributed by atoms with Gasteiger partial charge in [-0.2, -0.15) is 0 Å². The molecule has 0 spiro atoms. The number of halogens is 1. The Labute approximate surface area is 124 Å². The van der Waals surface area contributed by atoms with Gasteiger partial charge in [0.2, 0.25) is 5.91 Å². The Kier molecular flexibility index (Phi) is 4.52. The van der Waals surface area contributed by atoms with Gasteiger partial charge in [0, 0.05) is 12.5 Å². The summed E-state index contributed by atoms with van der Waals surface area (Å²) in [4.78, 5) is 11.7. The lowest BCUT2D eigenvalue weighted by atomic mass is 9.93. The van der Waals surface area contributed by atoms with E-state index in [1.807, 2.05) is 13.8 Å². The van der Waals surface area contributed by atoms with Gasteiger partial charge < -0.3 is 15.8 Å². The zero-order valence-electron chi connectivity index (χ0n) is 12.8. The smallest absolute Gasteiger partial charge is 0.237 e. The van der Waals surface area contributed by atoms with Crippen LogP contribution in [0.15, 0.2) is 18.2 Å². The van der Waals surface area contributed by atoms with Gasteiger partial charge in [-0.1, -0.05) is 6.07 Å². The maximum atomic E-state index is 13.7. The molecule has 3 N–H and O–H groups in total. The molecular formula is C16H23FN2O2. The summed E-state index contributed by atoms with van der Waals surface area (Å²) in [6.07, 6.45) is 2.19. The number of aryl methyl sites for hydroxylation is 1. The highest BCUT2D eigenvalue weighted by Gasteiger charge is 2.38. The normalized spacial score (nSPS) is 18.9. The van der Waals surface area contributed by atoms with Crippen LogP contribution in [0.3, 0.4) is 0 Å². The molecule has 1 saturated carbocycles. The number of carbonyl (C=O) groups excluding carboxylic acids is 1. The van der Waals surface area contributed by atoms with Crippen LogP contribution >= 0.6 is 0 Å². The number of benzene rings is 1. The van der Waals surface area contributed by atoms with Crippen molar-refractivity contribution < 1.29 is 13.9 Å². The lowest BCUT2D eigenvalue weighted by Gasteiger charge is -2.30. The number of ether oxygens (including phenoxy) is 1. The van der Waals surface area contributed by atoms with E-state index < -0.39 is 17.3 Å². The van der Waals surface area contributed by atoms with Gasteiger partial charge in [0.25, 0.3) is 0 Å². The molecule has 2 unspecified atom stereocenters. The molecule has 1 aromatic carbocycles. The van der Waals surface area contributed by atoms with Gasteiger partial charge >= 0.3 is 0 Å². The van der Waals surface area contributed by atoms with Crippen molar-refractivity contribution in [1.82, 2.24) is 5.32 Å². The first-order valence-electron chi connectivity index (χ1n) is 7.30. The molecule has 1 fully saturated rings. The van der Waals surface area contributed by atoms with Crippen LogP contribution in [0.4, 0.5) is 4.39 Å². The number of nitrogens with two attached hydrogens (primary N) is 1. The van der Waals surface area contributed by atoms with Crippen LogP contribution < -0.4 is 15.8 Å². The third-order valence-corrected chi connectivity index (χ3v) is 3.75. The first-order chi connectivity index (χ1) is 9.80. The first-order valence-corrected chi connectivity index (χ1v) is 7.30. The van der Waals surface area contributed by atoms with Crippen LogP contribution in [0.25, 0.3) is 0 Å². The summed E-state index contributed by atoms with van der Waals surface area (Å²) < 4.78 is 19.4. The second-order valence-electron chi connectivity index (χ2n) is 6.18. The van der Waals surface area contributed by atoms with Crippen molar-refractivity contribution in [3.8, 4) is 5.75 Å². The third kappa shape index (κ3) is 4.17. The Morgan fingerprint density at radius 2 is 2.24 bits per heavy atom. The highest BCUT2D eigenvalue weighted by Crippen LogP contribution is 2.27. The molecule has 1 amide bonds. The molecule has 4 nitrogen and oxygen atoms in total. The highest BCUT2D eigenvalue weighted by atomic mass is 19.1. The SMILES string of the molecule is Cc1ccc(F)c(OC(C)CC(C)(NC2CC2)C(N)=O)c1. The van der Waals surface area contributed by atoms with Crippen LogP contribution in [0.1, 0.15) is 38.7 Å². The van der Waals surface area contributed by atoms with Gasteiger partial charge in [0.15, 0.2) is 11.6 Å². The summed E-state index contributed by atoms with van der Waals surface area (Å²) in [7, 11) is 0. The number of nitrogens with one attached hydrogen (secondary N) is 1. The van der Waals surface area contributed by atoms with Gasteiger partial charge in [-0.25, -0.2) is 4.39 Å². The lowest BCUT2D eigenvalue weighted by Crippen LogP contribution is -2.55. The minimum atomic E-state index is -0.832. The highest BCUT2D eigenvalue weighted by molar-refractivity contribution is 5.84. The standard InChI is InChI=1S/C16H23FN2O2/c1-10-4-7-13(17)14(8-10)21-11(2)9-16(3,15(18)20)19-12-5-6-12/h4,7-8,11-12,19H,5-6,9H2,1-3H3,(H2,18,20). The summed E-state index contributed by atoms with van der Waals surface area (Å²) in [5.41, 5.74) is 5.60. The molecular weight excluding hydrogens is 271 g/mol. The summed E-state index contributed by atoms with van der Waals surface area (Å²) in [6, 6.07) is 5.08. The van der Waals surface area contributed by atoms with E-state index in [4.69, 9.17) is 10.5 Å². The van der Waals surface area contributed by atoms with Crippen LogP contribution in [-0.2, 0) is 4.79 Å². The molecule has 2 rings (SSSR count). The van der Waals surface area contributed by atoms with Crippen molar-refractivity contribution in [1.29, 1.82) is 0 Å². The molecule has 5 heteroatoms. The number of amides is 1. The van der Waals surface area contributed by atoms with Crippen molar-refractivity contribution in [2.45, 2.75) is 57.7 Å². The van der Waals surface area contributed by atoms with E-state index in [0.29, 0.717) is 12.5 Å². The van der Waals surface area contributed by atoms with Crippen LogP contribution in [0, 0.1) is 12.7 Å². The Hall–Kier alpha value is -1.62. The number of primary amides is 1. The minimum absolute atomic E-state index is 0.209. The fourth-order valence-corrected chi connectivity index (χ4v) is 2.44. The topological polar surface area (TPSA) is 64.3 Å². The van der Waals surface area contributed by atoms with E-state index in [0.717, 1.165) is 18.4 Å². The molecule has 0 saturated heterocycles. The zero-order valence-corrected chi connectivity index (χ0v) is 12.8. The van der Waals surface area contributed by atoms with E-state index in [1.165, 1.54) is 6.07 Å². The molecule has 116 valence electrons. The van der Waals surface area contributed by atoms with E-state index in [9.17, 15) is 9.18 Å². The fourth-order valence-electron chi connectivity index (χ4n) is 2.44. The Bertz CT molecular complexity index is 531. The summed E-state index contributed by atoms with van der Waals surface area (Å²) >= 11 is 0. The van der Waals surface area contributed by atoms with Crippen LogP contribution in [0.2, 0.25) is 0 Å². The summed E-state index contributed by atoms with van der Waals surface area (Å²) in [5, 5.41) is 3.26. The summed E-state index contributed by atoms with van der Waals surface area (Å²) in [5.74, 6) is -0.598. The molecule has 1 aliphatic rings. The van der Waals surface area contributed by atoms with Crippen molar-refractivity contribution in [2.75, 3.05) is 0 Å². The van der Waals surface area contributed by atoms with Gasteiger partial charge in [-0.3, -0.25) is 4.79 Å².